The third kappa shape index (κ3) is 0.436. The van der Waals surface area contributed by atoms with E-state index in [1.165, 1.54) is 0 Å². The van der Waals surface area contributed by atoms with E-state index < -0.39 is 0 Å². The van der Waals surface area contributed by atoms with E-state index in [1.54, 1.807) is 0 Å². The topological polar surface area (TPSA) is 52.0 Å². The van der Waals surface area contributed by atoms with Crippen LogP contribution < -0.4 is 11.5 Å². The van der Waals surface area contributed by atoms with Gasteiger partial charge in [0.05, 0.1) is 11.4 Å². The minimum absolute atomic E-state index is 0.732. The highest BCUT2D eigenvalue weighted by molar-refractivity contribution is 6.00. The van der Waals surface area contributed by atoms with Crippen LogP contribution in [0.25, 0.3) is 11.4 Å². The van der Waals surface area contributed by atoms with E-state index in [4.69, 9.17) is 11.5 Å². The Labute approximate surface area is 59.1 Å². The molecular weight excluding hydrogens is 124 g/mol. The fourth-order valence-corrected chi connectivity index (χ4v) is 1.18. The van der Waals surface area contributed by atoms with Crippen LogP contribution in [0.5, 0.6) is 0 Å². The molecule has 4 N–H and O–H groups in total. The third-order valence-electron chi connectivity index (χ3n) is 1.80. The predicted octanol–water partition coefficient (Wildman–Crippen LogP) is 0.743. The largest absolute Gasteiger partial charge is 0.397 e. The summed E-state index contributed by atoms with van der Waals surface area (Å²) in [5.74, 6) is 0. The number of nitrogens with two attached hydrogens (primary N) is 2. The van der Waals surface area contributed by atoms with Gasteiger partial charge >= 0.3 is 0 Å². The minimum atomic E-state index is 0.732. The van der Waals surface area contributed by atoms with Crippen molar-refractivity contribution < 1.29 is 0 Å². The van der Waals surface area contributed by atoms with Crippen LogP contribution in [0.1, 0.15) is 11.1 Å². The molecule has 0 aliphatic heterocycles. The Morgan fingerprint density at radius 1 is 0.800 bits per heavy atom. The van der Waals surface area contributed by atoms with Crippen molar-refractivity contribution >= 4 is 11.4 Å². The molecule has 2 nitrogen and oxygen atoms in total. The van der Waals surface area contributed by atoms with E-state index in [2.05, 4.69) is 0 Å². The van der Waals surface area contributed by atoms with Gasteiger partial charge in [0.25, 0.3) is 0 Å². The van der Waals surface area contributed by atoms with E-state index >= 15 is 0 Å². The van der Waals surface area contributed by atoms with Crippen LogP contribution in [0.3, 0.4) is 0 Å². The summed E-state index contributed by atoms with van der Waals surface area (Å²) in [5.41, 5.74) is 14.8. The molecule has 0 saturated carbocycles. The molecule has 0 amide bonds. The molecule has 2 heteroatoms. The Kier molecular flexibility index (Phi) is 0.822. The molecule has 0 bridgehead atoms. The molecule has 0 saturated heterocycles. The average Bonchev–Trinajstić information content (AvgIpc) is 2.03. The standard InChI is InChI=1S/C8H8N2/c9-7-5-3-1-2-4-6(5)8(7)10/h1-4H,9-10H2. The van der Waals surface area contributed by atoms with Crippen LogP contribution in [0.4, 0.5) is 0 Å². The second kappa shape index (κ2) is 1.53. The van der Waals surface area contributed by atoms with Gasteiger partial charge in [-0.3, -0.25) is 0 Å². The Balaban J connectivity index is 2.62. The Morgan fingerprint density at radius 2 is 1.20 bits per heavy atom. The van der Waals surface area contributed by atoms with Crippen LogP contribution in [-0.4, -0.2) is 0 Å². The smallest absolute Gasteiger partial charge is 0.0634 e. The molecule has 0 unspecified atom stereocenters. The molecule has 1 aromatic rings. The third-order valence-corrected chi connectivity index (χ3v) is 1.80. The zero-order valence-corrected chi connectivity index (χ0v) is 5.46. The molecular formula is C8H8N2. The second-order valence-corrected chi connectivity index (χ2v) is 2.37. The summed E-state index contributed by atoms with van der Waals surface area (Å²) in [6.45, 7) is 0. The van der Waals surface area contributed by atoms with Crippen molar-refractivity contribution in [2.24, 2.45) is 11.5 Å². The van der Waals surface area contributed by atoms with Gasteiger partial charge in [-0.25, -0.2) is 0 Å². The summed E-state index contributed by atoms with van der Waals surface area (Å²) in [7, 11) is 0. The molecule has 1 aromatic carbocycles. The number of rotatable bonds is 0. The number of hydrogen-bond acceptors (Lipinski definition) is 2. The summed E-state index contributed by atoms with van der Waals surface area (Å²) in [6, 6.07) is 7.86. The van der Waals surface area contributed by atoms with Gasteiger partial charge in [-0.2, -0.15) is 0 Å². The van der Waals surface area contributed by atoms with Crippen LogP contribution in [-0.2, 0) is 0 Å². The minimum Gasteiger partial charge on any atom is -0.397 e. The maximum absolute atomic E-state index is 5.59. The first-order valence-electron chi connectivity index (χ1n) is 3.15. The lowest BCUT2D eigenvalue weighted by molar-refractivity contribution is 1.35. The van der Waals surface area contributed by atoms with Crippen molar-refractivity contribution in [1.82, 2.24) is 0 Å². The fourth-order valence-electron chi connectivity index (χ4n) is 1.18. The summed E-state index contributed by atoms with van der Waals surface area (Å²) in [4.78, 5) is 0. The molecule has 0 aromatic heterocycles. The predicted molar refractivity (Wildman–Crippen MR) is 41.6 cm³/mol. The summed E-state index contributed by atoms with van der Waals surface area (Å²) in [6.07, 6.45) is 0. The van der Waals surface area contributed by atoms with Crippen molar-refractivity contribution in [2.45, 2.75) is 0 Å². The molecule has 1 aliphatic carbocycles. The Morgan fingerprint density at radius 3 is 1.60 bits per heavy atom. The quantitative estimate of drug-likeness (QED) is 0.547. The fraction of sp³-hybridized carbons (Fsp3) is 0. The number of benzene rings is 1. The van der Waals surface area contributed by atoms with Gasteiger partial charge in [0.2, 0.25) is 0 Å². The van der Waals surface area contributed by atoms with Gasteiger partial charge in [0.15, 0.2) is 0 Å². The molecule has 0 radical (unpaired) electrons. The van der Waals surface area contributed by atoms with Gasteiger partial charge in [0.1, 0.15) is 0 Å². The summed E-state index contributed by atoms with van der Waals surface area (Å²) < 4.78 is 0. The molecule has 0 fully saturated rings. The number of fused-ring (bicyclic) bond motifs is 1. The van der Waals surface area contributed by atoms with E-state index in [1.807, 2.05) is 24.3 Å². The lowest BCUT2D eigenvalue weighted by Crippen LogP contribution is -2.18. The van der Waals surface area contributed by atoms with Crippen molar-refractivity contribution in [3.8, 4) is 0 Å². The Hall–Kier alpha value is -1.44. The first-order valence-corrected chi connectivity index (χ1v) is 3.15. The highest BCUT2D eigenvalue weighted by atomic mass is 14.7. The summed E-state index contributed by atoms with van der Waals surface area (Å²) in [5, 5.41) is 0. The van der Waals surface area contributed by atoms with Crippen LogP contribution in [0.15, 0.2) is 24.3 Å². The van der Waals surface area contributed by atoms with E-state index in [0.717, 1.165) is 22.5 Å². The molecule has 50 valence electrons. The molecule has 1 aliphatic rings. The first kappa shape index (κ1) is 5.35. The van der Waals surface area contributed by atoms with Gasteiger partial charge in [-0.15, -0.1) is 0 Å². The highest BCUT2D eigenvalue weighted by Crippen LogP contribution is 2.32. The van der Waals surface area contributed by atoms with Gasteiger partial charge in [0, 0.05) is 11.1 Å². The number of hydrogen-bond donors (Lipinski definition) is 2. The van der Waals surface area contributed by atoms with Crippen LogP contribution >= 0.6 is 0 Å². The zero-order valence-electron chi connectivity index (χ0n) is 5.46. The monoisotopic (exact) mass is 132 g/mol. The molecule has 0 atom stereocenters. The van der Waals surface area contributed by atoms with Gasteiger partial charge in [-0.05, 0) is 0 Å². The Bertz CT molecular complexity index is 282. The summed E-state index contributed by atoms with van der Waals surface area (Å²) >= 11 is 0. The van der Waals surface area contributed by atoms with Crippen molar-refractivity contribution in [1.29, 1.82) is 0 Å². The average molecular weight is 132 g/mol. The van der Waals surface area contributed by atoms with Crippen molar-refractivity contribution in [2.75, 3.05) is 0 Å². The molecule has 0 heterocycles. The van der Waals surface area contributed by atoms with Crippen molar-refractivity contribution in [3.05, 3.63) is 35.4 Å². The molecule has 2 rings (SSSR count). The molecule has 0 spiro atoms. The van der Waals surface area contributed by atoms with Gasteiger partial charge in [-0.1, -0.05) is 24.3 Å². The van der Waals surface area contributed by atoms with Crippen LogP contribution in [0, 0.1) is 0 Å². The second-order valence-electron chi connectivity index (χ2n) is 2.37. The van der Waals surface area contributed by atoms with E-state index in [-0.39, 0.29) is 0 Å². The SMILES string of the molecule is NC1=C(N)c2ccccc21. The zero-order chi connectivity index (χ0) is 7.14. The maximum atomic E-state index is 5.59. The van der Waals surface area contributed by atoms with Crippen LogP contribution in [0.2, 0.25) is 0 Å². The van der Waals surface area contributed by atoms with Crippen molar-refractivity contribution in [3.63, 3.8) is 0 Å². The molecule has 10 heavy (non-hydrogen) atoms. The van der Waals surface area contributed by atoms with E-state index in [0.29, 0.717) is 0 Å². The first-order chi connectivity index (χ1) is 4.80. The van der Waals surface area contributed by atoms with E-state index in [9.17, 15) is 0 Å². The maximum Gasteiger partial charge on any atom is 0.0634 e. The normalized spacial score (nSPS) is 14.4. The van der Waals surface area contributed by atoms with Gasteiger partial charge < -0.3 is 11.5 Å². The highest BCUT2D eigenvalue weighted by Gasteiger charge is 2.19. The lowest BCUT2D eigenvalue weighted by atomic mass is 9.91. The lowest BCUT2D eigenvalue weighted by Gasteiger charge is -2.20.